The number of aromatic hydroxyl groups is 1. The van der Waals surface area contributed by atoms with Gasteiger partial charge < -0.3 is 48.5 Å². The zero-order valence-electron chi connectivity index (χ0n) is 23.3. The van der Waals surface area contributed by atoms with E-state index in [0.29, 0.717) is 11.1 Å². The summed E-state index contributed by atoms with van der Waals surface area (Å²) in [6.45, 7) is 0.111. The number of nitrogens with two attached hydrogens (primary N) is 3. The fourth-order valence-electron chi connectivity index (χ4n) is 4.00. The summed E-state index contributed by atoms with van der Waals surface area (Å²) in [5.74, 6) is -5.33. The molecule has 0 fully saturated rings. The van der Waals surface area contributed by atoms with Crippen molar-refractivity contribution in [2.45, 2.75) is 56.3 Å². The van der Waals surface area contributed by atoms with Crippen LogP contribution >= 0.6 is 0 Å². The third-order valence-corrected chi connectivity index (χ3v) is 6.22. The van der Waals surface area contributed by atoms with Gasteiger partial charge in [0.05, 0.1) is 12.5 Å². The Kier molecular flexibility index (Phi) is 13.4. The molecule has 0 aliphatic rings. The number of aliphatic carboxylic acids is 2. The van der Waals surface area contributed by atoms with E-state index in [9.17, 15) is 34.2 Å². The molecule has 4 atom stereocenters. The number of amides is 3. The fraction of sp³-hybridized carbons (Fsp3) is 0.357. The van der Waals surface area contributed by atoms with E-state index in [2.05, 4.69) is 20.9 Å². The first kappa shape index (κ1) is 34.0. The van der Waals surface area contributed by atoms with E-state index in [0.717, 1.165) is 0 Å². The molecule has 2 aromatic rings. The first-order chi connectivity index (χ1) is 20.3. The van der Waals surface area contributed by atoms with Crippen molar-refractivity contribution in [1.29, 1.82) is 0 Å². The summed E-state index contributed by atoms with van der Waals surface area (Å²) in [5, 5.41) is 35.8. The Bertz CT molecular complexity index is 1280. The van der Waals surface area contributed by atoms with Gasteiger partial charge in [0.25, 0.3) is 0 Å². The molecule has 0 aliphatic heterocycles. The van der Waals surface area contributed by atoms with E-state index in [1.807, 2.05) is 0 Å². The van der Waals surface area contributed by atoms with Crippen LogP contribution in [-0.4, -0.2) is 81.7 Å². The number of hydrogen-bond acceptors (Lipinski definition) is 8. The van der Waals surface area contributed by atoms with E-state index in [4.69, 9.17) is 22.3 Å². The van der Waals surface area contributed by atoms with E-state index >= 15 is 0 Å². The summed E-state index contributed by atoms with van der Waals surface area (Å²) in [6, 6.07) is 9.13. The lowest BCUT2D eigenvalue weighted by atomic mass is 10.0. The van der Waals surface area contributed by atoms with Crippen molar-refractivity contribution in [3.05, 3.63) is 65.7 Å². The number of phenols is 1. The lowest BCUT2D eigenvalue weighted by Gasteiger charge is -2.25. The van der Waals surface area contributed by atoms with Gasteiger partial charge in [-0.2, -0.15) is 0 Å². The molecular formula is C28H37N7O8. The van der Waals surface area contributed by atoms with Crippen molar-refractivity contribution < 1.29 is 39.3 Å². The van der Waals surface area contributed by atoms with Crippen LogP contribution in [0.15, 0.2) is 59.6 Å². The number of carboxylic acid groups (broad SMARTS) is 2. The number of nitrogens with zero attached hydrogens (tertiary/aromatic N) is 1. The van der Waals surface area contributed by atoms with Gasteiger partial charge in [0.15, 0.2) is 5.96 Å². The molecule has 12 N–H and O–H groups in total. The lowest BCUT2D eigenvalue weighted by molar-refractivity contribution is -0.142. The van der Waals surface area contributed by atoms with Crippen LogP contribution in [-0.2, 0) is 36.8 Å². The summed E-state index contributed by atoms with van der Waals surface area (Å²) in [7, 11) is 0. The highest BCUT2D eigenvalue weighted by Crippen LogP contribution is 2.13. The maximum Gasteiger partial charge on any atom is 0.326 e. The molecule has 15 heteroatoms. The smallest absolute Gasteiger partial charge is 0.326 e. The number of rotatable bonds is 17. The van der Waals surface area contributed by atoms with Crippen molar-refractivity contribution in [2.24, 2.45) is 22.2 Å². The molecule has 0 aromatic heterocycles. The minimum Gasteiger partial charge on any atom is -0.508 e. The summed E-state index contributed by atoms with van der Waals surface area (Å²) >= 11 is 0. The van der Waals surface area contributed by atoms with Gasteiger partial charge >= 0.3 is 11.9 Å². The Morgan fingerprint density at radius 2 is 1.28 bits per heavy atom. The van der Waals surface area contributed by atoms with Gasteiger partial charge in [0.1, 0.15) is 23.9 Å². The Morgan fingerprint density at radius 3 is 1.86 bits per heavy atom. The number of carbonyl (C=O) groups is 5. The standard InChI is InChI=1S/C28H37N7O8/c29-19(15-23(37)38)24(39)33-20(7-4-12-32-28(30)31)25(40)34-21(13-17-8-10-18(36)11-9-17)26(41)35-22(27(42)43)14-16-5-2-1-3-6-16/h1-3,5-6,8-11,19-22,36H,4,7,12-15,29H2,(H,33,39)(H,34,40)(H,35,41)(H,37,38)(H,42,43)(H4,30,31,32). The van der Waals surface area contributed by atoms with E-state index in [-0.39, 0.29) is 43.9 Å². The predicted molar refractivity (Wildman–Crippen MR) is 156 cm³/mol. The summed E-state index contributed by atoms with van der Waals surface area (Å²) < 4.78 is 0. The van der Waals surface area contributed by atoms with Crippen molar-refractivity contribution >= 4 is 35.6 Å². The van der Waals surface area contributed by atoms with E-state index in [1.54, 1.807) is 30.3 Å². The van der Waals surface area contributed by atoms with Crippen LogP contribution in [0.25, 0.3) is 0 Å². The first-order valence-corrected chi connectivity index (χ1v) is 13.3. The molecule has 232 valence electrons. The monoisotopic (exact) mass is 599 g/mol. The number of aliphatic imine (C=N–C) groups is 1. The molecule has 0 bridgehead atoms. The van der Waals surface area contributed by atoms with Crippen LogP contribution in [0.4, 0.5) is 0 Å². The van der Waals surface area contributed by atoms with Gasteiger partial charge in [-0.3, -0.25) is 24.2 Å². The van der Waals surface area contributed by atoms with Crippen molar-refractivity contribution in [2.75, 3.05) is 6.54 Å². The average Bonchev–Trinajstić information content (AvgIpc) is 2.94. The highest BCUT2D eigenvalue weighted by Gasteiger charge is 2.31. The number of nitrogens with one attached hydrogen (secondary N) is 3. The van der Waals surface area contributed by atoms with Gasteiger partial charge in [0.2, 0.25) is 17.7 Å². The number of carboxylic acids is 2. The second-order valence-electron chi connectivity index (χ2n) is 9.74. The second kappa shape index (κ2) is 16.9. The average molecular weight is 600 g/mol. The Balaban J connectivity index is 2.29. The predicted octanol–water partition coefficient (Wildman–Crippen LogP) is -1.43. The van der Waals surface area contributed by atoms with Crippen LogP contribution in [0, 0.1) is 0 Å². The quantitative estimate of drug-likeness (QED) is 0.0577. The number of carbonyl (C=O) groups excluding carboxylic acids is 3. The molecule has 2 rings (SSSR count). The lowest BCUT2D eigenvalue weighted by Crippen LogP contribution is -2.58. The molecule has 0 spiro atoms. The van der Waals surface area contributed by atoms with Gasteiger partial charge in [-0.25, -0.2) is 4.79 Å². The Labute approximate surface area is 247 Å². The normalized spacial score (nSPS) is 13.4. The van der Waals surface area contributed by atoms with Gasteiger partial charge in [-0.05, 0) is 36.1 Å². The molecule has 0 saturated carbocycles. The van der Waals surface area contributed by atoms with E-state index < -0.39 is 60.2 Å². The Hall–Kier alpha value is -5.18. The zero-order valence-corrected chi connectivity index (χ0v) is 23.3. The minimum absolute atomic E-state index is 0.00650. The summed E-state index contributed by atoms with van der Waals surface area (Å²) in [5.41, 5.74) is 17.5. The molecular weight excluding hydrogens is 562 g/mol. The highest BCUT2D eigenvalue weighted by atomic mass is 16.4. The molecule has 0 aliphatic carbocycles. The molecule has 2 aromatic carbocycles. The number of benzene rings is 2. The topological polar surface area (TPSA) is 273 Å². The Morgan fingerprint density at radius 1 is 0.744 bits per heavy atom. The van der Waals surface area contributed by atoms with Crippen molar-refractivity contribution in [3.8, 4) is 5.75 Å². The van der Waals surface area contributed by atoms with Crippen molar-refractivity contribution in [1.82, 2.24) is 16.0 Å². The maximum absolute atomic E-state index is 13.4. The molecule has 3 amide bonds. The van der Waals surface area contributed by atoms with Crippen LogP contribution < -0.4 is 33.2 Å². The van der Waals surface area contributed by atoms with Crippen LogP contribution in [0.1, 0.15) is 30.4 Å². The molecule has 4 unspecified atom stereocenters. The number of phenolic OH excluding ortho intramolecular Hbond substituents is 1. The van der Waals surface area contributed by atoms with Crippen LogP contribution in [0.3, 0.4) is 0 Å². The SMILES string of the molecule is NC(N)=NCCCC(NC(=O)C(N)CC(=O)O)C(=O)NC(Cc1ccc(O)cc1)C(=O)NC(Cc1ccccc1)C(=O)O. The third kappa shape index (κ3) is 12.5. The zero-order chi connectivity index (χ0) is 31.9. The molecule has 15 nitrogen and oxygen atoms in total. The van der Waals surface area contributed by atoms with Gasteiger partial charge in [0, 0.05) is 19.4 Å². The number of hydrogen-bond donors (Lipinski definition) is 9. The molecule has 43 heavy (non-hydrogen) atoms. The summed E-state index contributed by atoms with van der Waals surface area (Å²) in [6.07, 6.45) is -0.585. The van der Waals surface area contributed by atoms with Crippen LogP contribution in [0.2, 0.25) is 0 Å². The maximum atomic E-state index is 13.4. The third-order valence-electron chi connectivity index (χ3n) is 6.22. The van der Waals surface area contributed by atoms with Gasteiger partial charge in [-0.15, -0.1) is 0 Å². The second-order valence-corrected chi connectivity index (χ2v) is 9.74. The minimum atomic E-state index is -1.45. The van der Waals surface area contributed by atoms with Crippen LogP contribution in [0.5, 0.6) is 5.75 Å². The first-order valence-electron chi connectivity index (χ1n) is 13.3. The molecule has 0 saturated heterocycles. The van der Waals surface area contributed by atoms with E-state index in [1.165, 1.54) is 24.3 Å². The summed E-state index contributed by atoms with van der Waals surface area (Å²) in [4.78, 5) is 66.2. The fourth-order valence-corrected chi connectivity index (χ4v) is 4.00. The molecule has 0 heterocycles. The molecule has 0 radical (unpaired) electrons. The number of guanidine groups is 1. The van der Waals surface area contributed by atoms with Gasteiger partial charge in [-0.1, -0.05) is 42.5 Å². The van der Waals surface area contributed by atoms with Crippen molar-refractivity contribution in [3.63, 3.8) is 0 Å². The highest BCUT2D eigenvalue weighted by molar-refractivity contribution is 5.95. The largest absolute Gasteiger partial charge is 0.508 e.